The van der Waals surface area contributed by atoms with Gasteiger partial charge in [0.15, 0.2) is 5.96 Å². The Labute approximate surface area is 500 Å². The largest absolute Gasteiger partial charge is 0.508 e. The number of carboxylic acids is 1. The van der Waals surface area contributed by atoms with Gasteiger partial charge in [-0.2, -0.15) is 37.0 Å². The summed E-state index contributed by atoms with van der Waals surface area (Å²) in [5.41, 5.74) is 18.0. The van der Waals surface area contributed by atoms with Crippen molar-refractivity contribution in [1.29, 1.82) is 0 Å². The van der Waals surface area contributed by atoms with Crippen LogP contribution >= 0.6 is 37.0 Å². The number of nitrogens with two attached hydrogens (primary N) is 3. The van der Waals surface area contributed by atoms with Gasteiger partial charge in [-0.3, -0.25) is 48.1 Å². The summed E-state index contributed by atoms with van der Waals surface area (Å²) in [4.78, 5) is 143. The molecule has 25 nitrogen and oxygen atoms in total. The molecule has 0 radical (unpaired) electrons. The molecule has 0 unspecified atom stereocenters. The van der Waals surface area contributed by atoms with Crippen molar-refractivity contribution in [3.8, 4) is 5.75 Å². The maximum atomic E-state index is 14.9. The zero-order valence-corrected chi connectivity index (χ0v) is 50.5. The molecule has 1 aliphatic heterocycles. The molecule has 1 aliphatic rings. The number of rotatable bonds is 35. The first-order chi connectivity index (χ1) is 39.3. The minimum atomic E-state index is -1.39. The van der Waals surface area contributed by atoms with Gasteiger partial charge in [0, 0.05) is 37.4 Å². The highest BCUT2D eigenvalue weighted by atomic mass is 32.2. The number of hydrogen-bond donors (Lipinski definition) is 15. The second kappa shape index (κ2) is 36.0. The second-order valence-electron chi connectivity index (χ2n) is 20.9. The maximum absolute atomic E-state index is 14.9. The van der Waals surface area contributed by atoms with Gasteiger partial charge in [0.05, 0.1) is 6.04 Å². The molecule has 3 rings (SSSR count). The number of guanidine groups is 1. The van der Waals surface area contributed by atoms with E-state index in [2.05, 4.69) is 72.8 Å². The number of aliphatic imine (C=N–C) groups is 1. The number of aromatic hydroxyl groups is 1. The predicted molar refractivity (Wildman–Crippen MR) is 323 cm³/mol. The summed E-state index contributed by atoms with van der Waals surface area (Å²) >= 11 is 9.50. The minimum Gasteiger partial charge on any atom is -0.508 e. The molecular formula is C55H85N13O12S3. The summed E-state index contributed by atoms with van der Waals surface area (Å²) in [6.07, 6.45) is 3.14. The Morgan fingerprint density at radius 2 is 1.22 bits per heavy atom. The van der Waals surface area contributed by atoms with Crippen LogP contribution in [-0.4, -0.2) is 177 Å². The molecule has 83 heavy (non-hydrogen) atoms. The summed E-state index contributed by atoms with van der Waals surface area (Å²) in [7, 11) is 0. The van der Waals surface area contributed by atoms with E-state index in [0.717, 1.165) is 0 Å². The van der Waals surface area contributed by atoms with Gasteiger partial charge in [0.25, 0.3) is 0 Å². The molecule has 460 valence electrons. The third kappa shape index (κ3) is 23.8. The van der Waals surface area contributed by atoms with Gasteiger partial charge < -0.3 is 74.8 Å². The fraction of sp³-hybridized carbons (Fsp3) is 0.582. The number of amides is 9. The fourth-order valence-corrected chi connectivity index (χ4v) is 9.75. The number of likely N-dealkylation sites (tertiary alicyclic amines) is 1. The summed E-state index contributed by atoms with van der Waals surface area (Å²) in [6, 6.07) is 2.51. The van der Waals surface area contributed by atoms with E-state index >= 15 is 0 Å². The number of carbonyl (C=O) groups is 10. The number of phenols is 1. The number of benzene rings is 2. The van der Waals surface area contributed by atoms with E-state index in [1.807, 2.05) is 13.8 Å². The van der Waals surface area contributed by atoms with Gasteiger partial charge in [-0.25, -0.2) is 4.79 Å². The van der Waals surface area contributed by atoms with Crippen molar-refractivity contribution >= 4 is 102 Å². The second-order valence-corrected chi connectivity index (χ2v) is 22.6. The topological polar surface area (TPSA) is 401 Å². The normalized spacial score (nSPS) is 16.6. The average molecular weight is 1220 g/mol. The van der Waals surface area contributed by atoms with E-state index in [-0.39, 0.29) is 87.2 Å². The molecule has 2 aromatic rings. The third-order valence-electron chi connectivity index (χ3n) is 13.8. The Hall–Kier alpha value is -6.78. The molecule has 0 spiro atoms. The lowest BCUT2D eigenvalue weighted by atomic mass is 9.96. The van der Waals surface area contributed by atoms with Gasteiger partial charge >= 0.3 is 5.97 Å². The SMILES string of the molecule is CC[C@H](C)[C@H](NC(=O)[C@H](C)NC(=O)[C@@H]1CCCN1C(=O)[C@H](Cc1ccccc1)NC(=O)[C@H](Cc1ccc(O)cc1)NC(=O)[C@H](CCSC)NC(=O)[C@H](CCCN=C(N)N)NC(=O)[C@@H](N)CS)C(=O)N[C@@H](CC(C)C)C(=O)N[C@@H](CS)C(=O)O. The number of carboxylic acid groups (broad SMARTS) is 1. The molecule has 1 fully saturated rings. The molecule has 1 saturated heterocycles. The fourth-order valence-electron chi connectivity index (χ4n) is 8.86. The zero-order valence-electron chi connectivity index (χ0n) is 47.9. The lowest BCUT2D eigenvalue weighted by molar-refractivity contribution is -0.142. The Bertz CT molecular complexity index is 2530. The molecule has 0 bridgehead atoms. The Kier molecular flexibility index (Phi) is 30.6. The van der Waals surface area contributed by atoms with Crippen LogP contribution in [0.15, 0.2) is 59.6 Å². The van der Waals surface area contributed by atoms with Gasteiger partial charge in [-0.05, 0) is 92.6 Å². The first-order valence-corrected chi connectivity index (χ1v) is 30.3. The van der Waals surface area contributed by atoms with E-state index in [9.17, 15) is 58.2 Å². The summed E-state index contributed by atoms with van der Waals surface area (Å²) in [5.74, 6) is -8.38. The smallest absolute Gasteiger partial charge is 0.327 e. The van der Waals surface area contributed by atoms with Crippen LogP contribution in [0.1, 0.15) is 90.7 Å². The van der Waals surface area contributed by atoms with Gasteiger partial charge in [-0.1, -0.05) is 76.6 Å². The van der Waals surface area contributed by atoms with E-state index in [4.69, 9.17) is 17.2 Å². The van der Waals surface area contributed by atoms with Crippen molar-refractivity contribution in [2.24, 2.45) is 34.0 Å². The standard InChI is InChI=1S/C55H85N13O12S3/c1-7-31(4)44(52(77)64-39(25-30(2)3)49(74)66-42(29-82)54(79)80)67-45(70)32(5)60-51(76)43-16-12-23-68(43)53(78)41(27-33-13-9-8-10-14-33)65-50(75)40(26-34-17-19-35(69)20-18-34)63-48(73)38(21-24-83-6)62-47(72)37(15-11-22-59-55(57)58)61-46(71)36(56)28-81/h8-10,13-14,17-20,30-32,36-44,69,81-82H,7,11-12,15-16,21-29,56H2,1-6H3,(H,60,76)(H,61,71)(H,62,72)(H,63,73)(H,64,77)(H,65,75)(H,66,74)(H,67,70)(H,79,80)(H4,57,58,59)/t31-,32-,36-,37-,38-,39-,40-,41-,42-,43-,44-/m0/s1. The maximum Gasteiger partial charge on any atom is 0.327 e. The molecule has 0 aromatic heterocycles. The van der Waals surface area contributed by atoms with Crippen molar-refractivity contribution in [3.63, 3.8) is 0 Å². The Morgan fingerprint density at radius 3 is 1.80 bits per heavy atom. The Morgan fingerprint density at radius 1 is 0.675 bits per heavy atom. The first-order valence-electron chi connectivity index (χ1n) is 27.6. The molecule has 9 amide bonds. The molecule has 0 saturated carbocycles. The monoisotopic (exact) mass is 1220 g/mol. The molecule has 1 heterocycles. The van der Waals surface area contributed by atoms with Crippen LogP contribution in [0.4, 0.5) is 0 Å². The molecule has 16 N–H and O–H groups in total. The number of nitrogens with zero attached hydrogens (tertiary/aromatic N) is 2. The number of thiol groups is 2. The molecule has 11 atom stereocenters. The number of nitrogens with one attached hydrogen (secondary N) is 8. The molecule has 0 aliphatic carbocycles. The van der Waals surface area contributed by atoms with Crippen LogP contribution in [0.2, 0.25) is 0 Å². The summed E-state index contributed by atoms with van der Waals surface area (Å²) < 4.78 is 0. The van der Waals surface area contributed by atoms with E-state index in [1.165, 1.54) is 35.7 Å². The number of carbonyl (C=O) groups excluding carboxylic acids is 9. The van der Waals surface area contributed by atoms with Crippen LogP contribution in [0.5, 0.6) is 5.75 Å². The van der Waals surface area contributed by atoms with Crippen LogP contribution in [0, 0.1) is 11.8 Å². The minimum absolute atomic E-state index is 0.0167. The highest BCUT2D eigenvalue weighted by Crippen LogP contribution is 2.21. The quantitative estimate of drug-likeness (QED) is 0.0175. The average Bonchev–Trinajstić information content (AvgIpc) is 4.24. The van der Waals surface area contributed by atoms with E-state index in [0.29, 0.717) is 29.7 Å². The highest BCUT2D eigenvalue weighted by molar-refractivity contribution is 7.98. The number of phenolic OH excluding ortho intramolecular Hbond substituents is 1. The predicted octanol–water partition coefficient (Wildman–Crippen LogP) is -0.763. The van der Waals surface area contributed by atoms with Crippen molar-refractivity contribution in [2.45, 2.75) is 153 Å². The molecule has 2 aromatic carbocycles. The summed E-state index contributed by atoms with van der Waals surface area (Å²) in [6.45, 7) is 8.80. The Balaban J connectivity index is 1.92. The van der Waals surface area contributed by atoms with Crippen molar-refractivity contribution < 1.29 is 58.2 Å². The van der Waals surface area contributed by atoms with E-state index < -0.39 is 125 Å². The third-order valence-corrected chi connectivity index (χ3v) is 15.2. The number of hydrogen-bond acceptors (Lipinski definition) is 16. The van der Waals surface area contributed by atoms with Gasteiger partial charge in [0.1, 0.15) is 60.1 Å². The number of thioether (sulfide) groups is 1. The zero-order chi connectivity index (χ0) is 61.9. The van der Waals surface area contributed by atoms with Gasteiger partial charge in [0.2, 0.25) is 53.2 Å². The first kappa shape index (κ1) is 70.5. The van der Waals surface area contributed by atoms with Crippen LogP contribution in [-0.2, 0) is 60.8 Å². The summed E-state index contributed by atoms with van der Waals surface area (Å²) in [5, 5.41) is 41.0. The molecule has 28 heteroatoms. The van der Waals surface area contributed by atoms with Gasteiger partial charge in [-0.15, -0.1) is 0 Å². The van der Waals surface area contributed by atoms with Crippen molar-refractivity contribution in [3.05, 3.63) is 65.7 Å². The lowest BCUT2D eigenvalue weighted by Gasteiger charge is -2.31. The number of aliphatic carboxylic acids is 1. The van der Waals surface area contributed by atoms with Crippen LogP contribution < -0.4 is 59.7 Å². The van der Waals surface area contributed by atoms with Crippen LogP contribution in [0.25, 0.3) is 0 Å². The van der Waals surface area contributed by atoms with Crippen molar-refractivity contribution in [2.75, 3.05) is 36.6 Å². The van der Waals surface area contributed by atoms with E-state index in [1.54, 1.807) is 62.6 Å². The highest BCUT2D eigenvalue weighted by Gasteiger charge is 2.41. The van der Waals surface area contributed by atoms with Crippen LogP contribution in [0.3, 0.4) is 0 Å². The van der Waals surface area contributed by atoms with Crippen molar-refractivity contribution in [1.82, 2.24) is 47.4 Å². The lowest BCUT2D eigenvalue weighted by Crippen LogP contribution is -2.61. The molecular weight excluding hydrogens is 1130 g/mol.